The van der Waals surface area contributed by atoms with Crippen LogP contribution in [-0.4, -0.2) is 28.0 Å². The third-order valence-electron chi connectivity index (χ3n) is 7.75. The lowest BCUT2D eigenvalue weighted by Crippen LogP contribution is -2.52. The van der Waals surface area contributed by atoms with E-state index in [9.17, 15) is 4.79 Å². The van der Waals surface area contributed by atoms with Crippen LogP contribution in [0.4, 0.5) is 10.8 Å². The Balaban J connectivity index is 1.19. The maximum atomic E-state index is 12.4. The molecule has 0 saturated heterocycles. The summed E-state index contributed by atoms with van der Waals surface area (Å²) in [6, 6.07) is 13.8. The van der Waals surface area contributed by atoms with E-state index in [0.717, 1.165) is 34.0 Å². The predicted octanol–water partition coefficient (Wildman–Crippen LogP) is 6.13. The first-order valence-electron chi connectivity index (χ1n) is 11.9. The van der Waals surface area contributed by atoms with Crippen molar-refractivity contribution in [3.8, 4) is 10.4 Å². The molecule has 0 unspecified atom stereocenters. The van der Waals surface area contributed by atoms with Gasteiger partial charge in [0.05, 0.1) is 18.2 Å². The molecule has 4 saturated carbocycles. The highest BCUT2D eigenvalue weighted by atomic mass is 32.1. The van der Waals surface area contributed by atoms with Crippen molar-refractivity contribution in [3.63, 3.8) is 0 Å². The maximum absolute atomic E-state index is 12.4. The number of thiophene rings is 1. The van der Waals surface area contributed by atoms with Crippen LogP contribution in [0.15, 0.2) is 48.7 Å². The Bertz CT molecular complexity index is 1200. The van der Waals surface area contributed by atoms with Crippen molar-refractivity contribution in [1.82, 2.24) is 9.78 Å². The molecular weight excluding hydrogens is 464 g/mol. The van der Waals surface area contributed by atoms with Gasteiger partial charge < -0.3 is 15.4 Å². The largest absolute Gasteiger partial charge is 0.465 e. The van der Waals surface area contributed by atoms with Gasteiger partial charge in [-0.1, -0.05) is 30.3 Å². The van der Waals surface area contributed by atoms with Crippen LogP contribution in [0.2, 0.25) is 0 Å². The zero-order chi connectivity index (χ0) is 23.3. The number of rotatable bonds is 5. The van der Waals surface area contributed by atoms with E-state index >= 15 is 0 Å². The molecular formula is C26H28N4O2S2. The molecule has 4 bridgehead atoms. The minimum atomic E-state index is -0.394. The number of anilines is 2. The van der Waals surface area contributed by atoms with Crippen molar-refractivity contribution in [2.24, 2.45) is 17.8 Å². The lowest BCUT2D eigenvalue weighted by Gasteiger charge is -2.56. The number of ether oxygens (including phenoxy) is 1. The van der Waals surface area contributed by atoms with E-state index < -0.39 is 5.97 Å². The number of carbonyl (C=O) groups is 1. The van der Waals surface area contributed by atoms with Gasteiger partial charge in [0.25, 0.3) is 0 Å². The summed E-state index contributed by atoms with van der Waals surface area (Å²) >= 11 is 7.06. The van der Waals surface area contributed by atoms with Gasteiger partial charge in [0.2, 0.25) is 0 Å². The van der Waals surface area contributed by atoms with Crippen molar-refractivity contribution in [3.05, 3.63) is 54.2 Å². The number of thiocarbonyl (C=S) groups is 1. The van der Waals surface area contributed by atoms with Crippen LogP contribution in [0.3, 0.4) is 0 Å². The lowest BCUT2D eigenvalue weighted by atomic mass is 9.53. The average Bonchev–Trinajstić information content (AvgIpc) is 3.46. The Morgan fingerprint density at radius 1 is 1.09 bits per heavy atom. The van der Waals surface area contributed by atoms with Gasteiger partial charge >= 0.3 is 5.97 Å². The monoisotopic (exact) mass is 492 g/mol. The molecule has 2 heterocycles. The van der Waals surface area contributed by atoms with Crippen LogP contribution < -0.4 is 10.6 Å². The topological polar surface area (TPSA) is 68.2 Å². The van der Waals surface area contributed by atoms with Crippen molar-refractivity contribution in [2.75, 3.05) is 17.7 Å². The molecule has 7 rings (SSSR count). The van der Waals surface area contributed by atoms with Crippen LogP contribution in [0, 0.1) is 17.8 Å². The molecule has 2 N–H and O–H groups in total. The normalized spacial score (nSPS) is 26.9. The molecule has 2 aromatic heterocycles. The number of hydrogen-bond acceptors (Lipinski definition) is 5. The quantitative estimate of drug-likeness (QED) is 0.330. The fourth-order valence-corrected chi connectivity index (χ4v) is 8.07. The molecule has 4 fully saturated rings. The molecule has 3 aromatic rings. The van der Waals surface area contributed by atoms with Gasteiger partial charge in [-0.15, -0.1) is 11.3 Å². The first kappa shape index (κ1) is 21.8. The van der Waals surface area contributed by atoms with Crippen LogP contribution in [-0.2, 0) is 10.3 Å². The number of benzene rings is 1. The summed E-state index contributed by atoms with van der Waals surface area (Å²) in [7, 11) is 1.39. The van der Waals surface area contributed by atoms with E-state index in [1.54, 1.807) is 0 Å². The molecule has 0 amide bonds. The summed E-state index contributed by atoms with van der Waals surface area (Å²) in [5, 5.41) is 12.4. The van der Waals surface area contributed by atoms with Gasteiger partial charge in [-0.05, 0) is 80.1 Å². The standard InChI is InChI=1S/C26H28N4O2S2/c1-32-24(31)20-12-21(19-5-3-2-4-6-19)34-23(20)28-25(33)27-22-7-8-30(29-22)26-13-16-9-17(14-26)11-18(10-16)15-26/h2-8,12,16-18H,9-11,13-15H2,1H3,(H2,27,28,29,33). The Hall–Kier alpha value is -2.71. The summed E-state index contributed by atoms with van der Waals surface area (Å²) < 4.78 is 7.20. The summed E-state index contributed by atoms with van der Waals surface area (Å²) in [5.74, 6) is 2.93. The predicted molar refractivity (Wildman–Crippen MR) is 139 cm³/mol. The van der Waals surface area contributed by atoms with Gasteiger partial charge in [0, 0.05) is 17.1 Å². The second-order valence-electron chi connectivity index (χ2n) is 10.1. The molecule has 176 valence electrons. The number of nitrogens with zero attached hydrogens (tertiary/aromatic N) is 2. The second kappa shape index (κ2) is 8.50. The van der Waals surface area contributed by atoms with Gasteiger partial charge in [0.15, 0.2) is 10.9 Å². The summed E-state index contributed by atoms with van der Waals surface area (Å²) in [6.07, 6.45) is 10.1. The summed E-state index contributed by atoms with van der Waals surface area (Å²) in [4.78, 5) is 13.4. The van der Waals surface area contributed by atoms with Crippen molar-refractivity contribution >= 4 is 45.5 Å². The molecule has 4 aliphatic rings. The first-order chi connectivity index (χ1) is 16.5. The van der Waals surface area contributed by atoms with Crippen molar-refractivity contribution in [2.45, 2.75) is 44.1 Å². The second-order valence-corrected chi connectivity index (χ2v) is 11.5. The molecule has 6 nitrogen and oxygen atoms in total. The number of esters is 1. The van der Waals surface area contributed by atoms with Crippen LogP contribution in [0.25, 0.3) is 10.4 Å². The first-order valence-corrected chi connectivity index (χ1v) is 13.2. The number of nitrogens with one attached hydrogen (secondary N) is 2. The van der Waals surface area contributed by atoms with Crippen LogP contribution >= 0.6 is 23.6 Å². The number of methoxy groups -OCH3 is 1. The van der Waals surface area contributed by atoms with Gasteiger partial charge in [-0.25, -0.2) is 4.79 Å². The SMILES string of the molecule is COC(=O)c1cc(-c2ccccc2)sc1NC(=S)Nc1ccn(C23CC4CC(CC(C4)C2)C3)n1. The fraction of sp³-hybridized carbons (Fsp3) is 0.423. The van der Waals surface area contributed by atoms with Gasteiger partial charge in [-0.3, -0.25) is 4.68 Å². The van der Waals surface area contributed by atoms with E-state index in [0.29, 0.717) is 15.7 Å². The number of hydrogen-bond donors (Lipinski definition) is 2. The molecule has 8 heteroatoms. The fourth-order valence-electron chi connectivity index (χ4n) is 6.74. The van der Waals surface area contributed by atoms with Gasteiger partial charge in [-0.2, -0.15) is 5.10 Å². The molecule has 34 heavy (non-hydrogen) atoms. The van der Waals surface area contributed by atoms with E-state index in [2.05, 4.69) is 21.5 Å². The average molecular weight is 493 g/mol. The molecule has 1 aromatic carbocycles. The van der Waals surface area contributed by atoms with Crippen molar-refractivity contribution in [1.29, 1.82) is 0 Å². The number of aromatic nitrogens is 2. The third-order valence-corrected chi connectivity index (χ3v) is 9.05. The van der Waals surface area contributed by atoms with E-state index in [4.69, 9.17) is 22.1 Å². The maximum Gasteiger partial charge on any atom is 0.340 e. The molecule has 0 atom stereocenters. The van der Waals surface area contributed by atoms with E-state index in [1.807, 2.05) is 42.5 Å². The van der Waals surface area contributed by atoms with Crippen LogP contribution in [0.5, 0.6) is 0 Å². The Morgan fingerprint density at radius 2 is 1.76 bits per heavy atom. The lowest BCUT2D eigenvalue weighted by molar-refractivity contribution is -0.0492. The highest BCUT2D eigenvalue weighted by Crippen LogP contribution is 2.58. The minimum absolute atomic E-state index is 0.181. The van der Waals surface area contributed by atoms with E-state index in [1.165, 1.54) is 57.0 Å². The Labute approximate surface area is 208 Å². The molecule has 0 aliphatic heterocycles. The summed E-state index contributed by atoms with van der Waals surface area (Å²) in [5.41, 5.74) is 1.69. The Kier molecular flexibility index (Phi) is 5.45. The highest BCUT2D eigenvalue weighted by molar-refractivity contribution is 7.80. The number of carbonyl (C=O) groups excluding carboxylic acids is 1. The molecule has 4 aliphatic carbocycles. The third kappa shape index (κ3) is 3.92. The van der Waals surface area contributed by atoms with Crippen molar-refractivity contribution < 1.29 is 9.53 Å². The zero-order valence-electron chi connectivity index (χ0n) is 19.1. The molecule has 0 radical (unpaired) electrons. The van der Waals surface area contributed by atoms with Crippen LogP contribution in [0.1, 0.15) is 48.9 Å². The zero-order valence-corrected chi connectivity index (χ0v) is 20.8. The molecule has 0 spiro atoms. The Morgan fingerprint density at radius 3 is 2.41 bits per heavy atom. The highest BCUT2D eigenvalue weighted by Gasteiger charge is 2.52. The summed E-state index contributed by atoms with van der Waals surface area (Å²) in [6.45, 7) is 0. The van der Waals surface area contributed by atoms with Gasteiger partial charge in [0.1, 0.15) is 5.00 Å². The smallest absolute Gasteiger partial charge is 0.340 e. The van der Waals surface area contributed by atoms with E-state index in [-0.39, 0.29) is 5.54 Å². The minimum Gasteiger partial charge on any atom is -0.465 e.